The third kappa shape index (κ3) is 9.60. The summed E-state index contributed by atoms with van der Waals surface area (Å²) in [6.07, 6.45) is -11.9. The van der Waals surface area contributed by atoms with Gasteiger partial charge in [0.25, 0.3) is 0 Å². The molecule has 17 heteroatoms. The van der Waals surface area contributed by atoms with Crippen molar-refractivity contribution in [3.05, 3.63) is 0 Å². The van der Waals surface area contributed by atoms with Gasteiger partial charge in [-0.1, -0.05) is 0 Å². The molecule has 0 unspecified atom stereocenters. The molecular formula is C24H36N2O15. The SMILES string of the molecule is CC(=O)N[C@@H]1[C@@H](OC(C)=O)O[C@H](COC(C)=O)[C@@H](O[C@@H]2O[C@H](CO)[C@@H](O)[C@H](OC(C)=O)[C@@H]2NC(C)=O)[C@@H]1OC(C)=O. The maximum absolute atomic E-state index is 12.2. The number of carbonyl (C=O) groups is 6. The number of rotatable bonds is 10. The highest BCUT2D eigenvalue weighted by Crippen LogP contribution is 2.32. The maximum Gasteiger partial charge on any atom is 0.305 e. The lowest BCUT2D eigenvalue weighted by Gasteiger charge is -2.49. The lowest BCUT2D eigenvalue weighted by atomic mass is 9.94. The van der Waals surface area contributed by atoms with Crippen LogP contribution >= 0.6 is 0 Å². The molecule has 2 heterocycles. The van der Waals surface area contributed by atoms with Crippen LogP contribution in [0.5, 0.6) is 0 Å². The van der Waals surface area contributed by atoms with Crippen LogP contribution in [-0.2, 0) is 61.9 Å². The average molecular weight is 593 g/mol. The Bertz CT molecular complexity index is 990. The van der Waals surface area contributed by atoms with Crippen molar-refractivity contribution in [2.75, 3.05) is 13.2 Å². The van der Waals surface area contributed by atoms with Crippen molar-refractivity contribution in [1.82, 2.24) is 10.6 Å². The van der Waals surface area contributed by atoms with E-state index in [1.807, 2.05) is 0 Å². The molecule has 2 amide bonds. The van der Waals surface area contributed by atoms with Crippen LogP contribution in [0.4, 0.5) is 0 Å². The molecule has 0 aromatic rings. The van der Waals surface area contributed by atoms with E-state index in [1.54, 1.807) is 0 Å². The van der Waals surface area contributed by atoms with Crippen LogP contribution in [0.3, 0.4) is 0 Å². The fourth-order valence-electron chi connectivity index (χ4n) is 4.44. The van der Waals surface area contributed by atoms with E-state index in [-0.39, 0.29) is 0 Å². The van der Waals surface area contributed by atoms with E-state index >= 15 is 0 Å². The normalized spacial score (nSPS) is 33.1. The predicted molar refractivity (Wildman–Crippen MR) is 130 cm³/mol. The zero-order chi connectivity index (χ0) is 31.0. The van der Waals surface area contributed by atoms with Crippen LogP contribution in [0.25, 0.3) is 0 Å². The Morgan fingerprint density at radius 1 is 0.659 bits per heavy atom. The molecule has 0 spiro atoms. The van der Waals surface area contributed by atoms with Crippen molar-refractivity contribution in [3.63, 3.8) is 0 Å². The summed E-state index contributed by atoms with van der Waals surface area (Å²) in [4.78, 5) is 71.6. The van der Waals surface area contributed by atoms with Gasteiger partial charge in [0.15, 0.2) is 18.5 Å². The van der Waals surface area contributed by atoms with Gasteiger partial charge in [0.2, 0.25) is 18.1 Å². The summed E-state index contributed by atoms with van der Waals surface area (Å²) in [5, 5.41) is 25.5. The summed E-state index contributed by atoms with van der Waals surface area (Å²) in [7, 11) is 0. The largest absolute Gasteiger partial charge is 0.463 e. The molecule has 10 atom stereocenters. The molecule has 0 bridgehead atoms. The fraction of sp³-hybridized carbons (Fsp3) is 0.750. The van der Waals surface area contributed by atoms with Gasteiger partial charge >= 0.3 is 23.9 Å². The Kier molecular flexibility index (Phi) is 12.4. The molecule has 2 rings (SSSR count). The van der Waals surface area contributed by atoms with Gasteiger partial charge in [-0.25, -0.2) is 0 Å². The number of aliphatic hydroxyl groups is 2. The van der Waals surface area contributed by atoms with Gasteiger partial charge < -0.3 is 54.0 Å². The highest BCUT2D eigenvalue weighted by Gasteiger charge is 2.55. The lowest BCUT2D eigenvalue weighted by Crippen LogP contribution is -2.70. The summed E-state index contributed by atoms with van der Waals surface area (Å²) in [6, 6.07) is -2.74. The molecule has 0 aromatic carbocycles. The van der Waals surface area contributed by atoms with E-state index in [2.05, 4.69) is 10.6 Å². The van der Waals surface area contributed by atoms with Gasteiger partial charge in [0.1, 0.15) is 43.1 Å². The van der Waals surface area contributed by atoms with Crippen LogP contribution < -0.4 is 10.6 Å². The minimum Gasteiger partial charge on any atom is -0.463 e. The van der Waals surface area contributed by atoms with Gasteiger partial charge in [0.05, 0.1) is 6.61 Å². The zero-order valence-corrected chi connectivity index (χ0v) is 23.4. The van der Waals surface area contributed by atoms with Crippen LogP contribution in [0.15, 0.2) is 0 Å². The number of aliphatic hydroxyl groups excluding tert-OH is 2. The first-order valence-corrected chi connectivity index (χ1v) is 12.6. The van der Waals surface area contributed by atoms with Gasteiger partial charge in [-0.15, -0.1) is 0 Å². The van der Waals surface area contributed by atoms with Crippen molar-refractivity contribution < 1.29 is 72.1 Å². The molecule has 0 saturated carbocycles. The second-order valence-electron chi connectivity index (χ2n) is 9.37. The van der Waals surface area contributed by atoms with Gasteiger partial charge in [-0.2, -0.15) is 0 Å². The molecule has 2 aliphatic rings. The summed E-state index contributed by atoms with van der Waals surface area (Å²) in [5.41, 5.74) is 0. The standard InChI is InChI=1S/C24H36N2O15/c1-9(28)25-17-21(36-12(4)31)19(34)15(7-27)39-24(17)41-20-16(8-35-11(3)30)40-23(38-14(6)33)18(26-10(2)29)22(20)37-13(5)32/h15-24,27,34H,7-8H2,1-6H3,(H,25,28)(H,26,29)/t15-,16-,17+,18+,19-,20-,21-,22-,23+,24+/m1/s1. The molecule has 0 aromatic heterocycles. The van der Waals surface area contributed by atoms with Gasteiger partial charge in [0, 0.05) is 41.5 Å². The molecular weight excluding hydrogens is 556 g/mol. The van der Waals surface area contributed by atoms with E-state index in [1.165, 1.54) is 0 Å². The van der Waals surface area contributed by atoms with Crippen molar-refractivity contribution >= 4 is 35.7 Å². The Balaban J connectivity index is 2.61. The predicted octanol–water partition coefficient (Wildman–Crippen LogP) is -2.83. The molecule has 2 aliphatic heterocycles. The molecule has 2 saturated heterocycles. The lowest BCUT2D eigenvalue weighted by molar-refractivity contribution is -0.330. The van der Waals surface area contributed by atoms with Crippen LogP contribution in [-0.4, -0.2) is 120 Å². The highest BCUT2D eigenvalue weighted by atomic mass is 16.7. The third-order valence-corrected chi connectivity index (χ3v) is 5.87. The van der Waals surface area contributed by atoms with E-state index in [0.717, 1.165) is 41.5 Å². The van der Waals surface area contributed by atoms with Crippen molar-refractivity contribution in [1.29, 1.82) is 0 Å². The number of hydrogen-bond donors (Lipinski definition) is 4. The van der Waals surface area contributed by atoms with Gasteiger partial charge in [-0.05, 0) is 0 Å². The molecule has 17 nitrogen and oxygen atoms in total. The Labute approximate surface area is 235 Å². The number of ether oxygens (including phenoxy) is 7. The highest BCUT2D eigenvalue weighted by molar-refractivity contribution is 5.74. The molecule has 2 fully saturated rings. The molecule has 41 heavy (non-hydrogen) atoms. The molecule has 4 N–H and O–H groups in total. The van der Waals surface area contributed by atoms with E-state index < -0.39 is 110 Å². The first kappa shape index (κ1) is 33.8. The Hall–Kier alpha value is -3.38. The summed E-state index contributed by atoms with van der Waals surface area (Å²) in [6.45, 7) is 5.29. The number of esters is 4. The second kappa shape index (κ2) is 15.0. The van der Waals surface area contributed by atoms with Crippen LogP contribution in [0.1, 0.15) is 41.5 Å². The third-order valence-electron chi connectivity index (χ3n) is 5.87. The number of carbonyl (C=O) groups excluding carboxylic acids is 6. The number of hydrogen-bond acceptors (Lipinski definition) is 15. The molecule has 232 valence electrons. The van der Waals surface area contributed by atoms with Crippen LogP contribution in [0, 0.1) is 0 Å². The zero-order valence-electron chi connectivity index (χ0n) is 23.4. The van der Waals surface area contributed by atoms with Crippen LogP contribution in [0.2, 0.25) is 0 Å². The van der Waals surface area contributed by atoms with Crippen molar-refractivity contribution in [2.45, 2.75) is 103 Å². The minimum absolute atomic E-state index is 0.528. The quantitative estimate of drug-likeness (QED) is 0.148. The summed E-state index contributed by atoms with van der Waals surface area (Å²) < 4.78 is 38.6. The van der Waals surface area contributed by atoms with Crippen molar-refractivity contribution in [2.24, 2.45) is 0 Å². The minimum atomic E-state index is -1.61. The Morgan fingerprint density at radius 3 is 1.61 bits per heavy atom. The number of nitrogens with one attached hydrogen (secondary N) is 2. The fourth-order valence-corrected chi connectivity index (χ4v) is 4.44. The molecule has 0 aliphatic carbocycles. The van der Waals surface area contributed by atoms with E-state index in [4.69, 9.17) is 33.2 Å². The first-order valence-electron chi connectivity index (χ1n) is 12.6. The van der Waals surface area contributed by atoms with Crippen molar-refractivity contribution in [3.8, 4) is 0 Å². The number of amides is 2. The summed E-state index contributed by atoms with van der Waals surface area (Å²) >= 11 is 0. The monoisotopic (exact) mass is 592 g/mol. The Morgan fingerprint density at radius 2 is 1.15 bits per heavy atom. The maximum atomic E-state index is 12.2. The second-order valence-corrected chi connectivity index (χ2v) is 9.37. The topological polar surface area (TPSA) is 232 Å². The smallest absolute Gasteiger partial charge is 0.305 e. The summed E-state index contributed by atoms with van der Waals surface area (Å²) in [5.74, 6) is -4.50. The molecule has 0 radical (unpaired) electrons. The van der Waals surface area contributed by atoms with E-state index in [9.17, 15) is 39.0 Å². The average Bonchev–Trinajstić information content (AvgIpc) is 2.83. The van der Waals surface area contributed by atoms with Gasteiger partial charge in [-0.3, -0.25) is 28.8 Å². The van der Waals surface area contributed by atoms with E-state index in [0.29, 0.717) is 0 Å². The first-order chi connectivity index (χ1) is 19.1.